The first-order chi connectivity index (χ1) is 5.34. The highest BCUT2D eigenvalue weighted by molar-refractivity contribution is 4.97. The molecule has 0 aromatic carbocycles. The molecule has 0 unspecified atom stereocenters. The quantitative estimate of drug-likeness (QED) is 0.601. The van der Waals surface area contributed by atoms with E-state index in [1.807, 2.05) is 0 Å². The monoisotopic (exact) mass is 155 g/mol. The molecule has 0 aliphatic carbocycles. The summed E-state index contributed by atoms with van der Waals surface area (Å²) in [6.07, 6.45) is 3.40. The summed E-state index contributed by atoms with van der Waals surface area (Å²) in [6.45, 7) is 8.23. The zero-order valence-electron chi connectivity index (χ0n) is 7.47. The maximum atomic E-state index is 5.26. The van der Waals surface area contributed by atoms with Crippen molar-refractivity contribution in [2.45, 2.75) is 20.3 Å². The van der Waals surface area contributed by atoms with Crippen LogP contribution in [0.3, 0.4) is 0 Å². The fourth-order valence-corrected chi connectivity index (χ4v) is 1.34. The van der Waals surface area contributed by atoms with Gasteiger partial charge in [-0.3, -0.25) is 0 Å². The van der Waals surface area contributed by atoms with Gasteiger partial charge in [-0.25, -0.2) is 0 Å². The Morgan fingerprint density at radius 3 is 2.64 bits per heavy atom. The second kappa shape index (κ2) is 4.39. The summed E-state index contributed by atoms with van der Waals surface area (Å²) in [6, 6.07) is 0. The van der Waals surface area contributed by atoms with Crippen molar-refractivity contribution in [2.24, 2.45) is 0 Å². The lowest BCUT2D eigenvalue weighted by atomic mass is 10.3. The van der Waals surface area contributed by atoms with Crippen molar-refractivity contribution in [3.63, 3.8) is 0 Å². The van der Waals surface area contributed by atoms with Crippen LogP contribution in [0, 0.1) is 0 Å². The van der Waals surface area contributed by atoms with Gasteiger partial charge in [0.1, 0.15) is 0 Å². The second-order valence-electron chi connectivity index (χ2n) is 2.85. The van der Waals surface area contributed by atoms with E-state index in [9.17, 15) is 0 Å². The van der Waals surface area contributed by atoms with Crippen LogP contribution >= 0.6 is 0 Å². The third-order valence-electron chi connectivity index (χ3n) is 2.01. The summed E-state index contributed by atoms with van der Waals surface area (Å²) >= 11 is 0. The van der Waals surface area contributed by atoms with Crippen LogP contribution in [-0.4, -0.2) is 31.2 Å². The van der Waals surface area contributed by atoms with Crippen LogP contribution in [0.15, 0.2) is 11.8 Å². The fourth-order valence-electron chi connectivity index (χ4n) is 1.34. The Labute approximate surface area is 68.8 Å². The minimum absolute atomic E-state index is 0.884. The van der Waals surface area contributed by atoms with E-state index in [4.69, 9.17) is 4.74 Å². The summed E-state index contributed by atoms with van der Waals surface area (Å²) in [5, 5.41) is 0. The minimum atomic E-state index is 0.884. The first kappa shape index (κ1) is 8.60. The van der Waals surface area contributed by atoms with Crippen molar-refractivity contribution in [2.75, 3.05) is 26.3 Å². The van der Waals surface area contributed by atoms with Gasteiger partial charge in [-0.05, 0) is 13.3 Å². The van der Waals surface area contributed by atoms with Crippen LogP contribution in [-0.2, 0) is 4.74 Å². The van der Waals surface area contributed by atoms with Crippen LogP contribution < -0.4 is 0 Å². The van der Waals surface area contributed by atoms with E-state index in [2.05, 4.69) is 24.8 Å². The molecule has 11 heavy (non-hydrogen) atoms. The van der Waals surface area contributed by atoms with Gasteiger partial charge in [-0.1, -0.05) is 13.0 Å². The Balaban J connectivity index is 2.38. The SMILES string of the molecule is CC/C=C(\C)N1CCOCC1. The molecular weight excluding hydrogens is 138 g/mol. The second-order valence-corrected chi connectivity index (χ2v) is 2.85. The third kappa shape index (κ3) is 2.54. The third-order valence-corrected chi connectivity index (χ3v) is 2.01. The summed E-state index contributed by atoms with van der Waals surface area (Å²) in [5.74, 6) is 0. The lowest BCUT2D eigenvalue weighted by molar-refractivity contribution is 0.0536. The van der Waals surface area contributed by atoms with Crippen LogP contribution in [0.25, 0.3) is 0 Å². The molecule has 2 heteroatoms. The number of nitrogens with zero attached hydrogens (tertiary/aromatic N) is 1. The normalized spacial score (nSPS) is 20.5. The smallest absolute Gasteiger partial charge is 0.0642 e. The summed E-state index contributed by atoms with van der Waals surface area (Å²) in [5.41, 5.74) is 1.40. The molecule has 0 aromatic heterocycles. The molecule has 0 bridgehead atoms. The van der Waals surface area contributed by atoms with E-state index in [1.54, 1.807) is 0 Å². The summed E-state index contributed by atoms with van der Waals surface area (Å²) in [4.78, 5) is 2.38. The molecule has 2 nitrogen and oxygen atoms in total. The zero-order valence-corrected chi connectivity index (χ0v) is 7.47. The highest BCUT2D eigenvalue weighted by Crippen LogP contribution is 2.06. The number of hydrogen-bond acceptors (Lipinski definition) is 2. The van der Waals surface area contributed by atoms with E-state index in [1.165, 1.54) is 5.70 Å². The van der Waals surface area contributed by atoms with E-state index in [0.717, 1.165) is 32.7 Å². The van der Waals surface area contributed by atoms with E-state index in [-0.39, 0.29) is 0 Å². The molecule has 1 heterocycles. The van der Waals surface area contributed by atoms with E-state index in [0.29, 0.717) is 0 Å². The zero-order chi connectivity index (χ0) is 8.10. The molecule has 0 amide bonds. The molecule has 1 aliphatic heterocycles. The van der Waals surface area contributed by atoms with Crippen molar-refractivity contribution < 1.29 is 4.74 Å². The van der Waals surface area contributed by atoms with Gasteiger partial charge in [-0.2, -0.15) is 0 Å². The van der Waals surface area contributed by atoms with Crippen molar-refractivity contribution >= 4 is 0 Å². The molecule has 0 atom stereocenters. The highest BCUT2D eigenvalue weighted by Gasteiger charge is 2.08. The van der Waals surface area contributed by atoms with Gasteiger partial charge in [0, 0.05) is 18.8 Å². The van der Waals surface area contributed by atoms with E-state index >= 15 is 0 Å². The van der Waals surface area contributed by atoms with Gasteiger partial charge in [-0.15, -0.1) is 0 Å². The lowest BCUT2D eigenvalue weighted by Gasteiger charge is -2.29. The van der Waals surface area contributed by atoms with Crippen LogP contribution in [0.5, 0.6) is 0 Å². The van der Waals surface area contributed by atoms with Crippen molar-refractivity contribution in [3.05, 3.63) is 11.8 Å². The maximum Gasteiger partial charge on any atom is 0.0642 e. The highest BCUT2D eigenvalue weighted by atomic mass is 16.5. The topological polar surface area (TPSA) is 12.5 Å². The lowest BCUT2D eigenvalue weighted by Crippen LogP contribution is -2.34. The Morgan fingerprint density at radius 2 is 2.09 bits per heavy atom. The molecule has 0 saturated carbocycles. The van der Waals surface area contributed by atoms with Gasteiger partial charge in [0.2, 0.25) is 0 Å². The first-order valence-corrected chi connectivity index (χ1v) is 4.34. The first-order valence-electron chi connectivity index (χ1n) is 4.34. The predicted octanol–water partition coefficient (Wildman–Crippen LogP) is 1.63. The van der Waals surface area contributed by atoms with Gasteiger partial charge in [0.15, 0.2) is 0 Å². The van der Waals surface area contributed by atoms with Gasteiger partial charge >= 0.3 is 0 Å². The minimum Gasteiger partial charge on any atom is -0.378 e. The van der Waals surface area contributed by atoms with Crippen molar-refractivity contribution in [1.82, 2.24) is 4.90 Å². The average molecular weight is 155 g/mol. The molecule has 1 fully saturated rings. The van der Waals surface area contributed by atoms with E-state index < -0.39 is 0 Å². The number of hydrogen-bond donors (Lipinski definition) is 0. The number of allylic oxidation sites excluding steroid dienone is 2. The standard InChI is InChI=1S/C9H17NO/c1-3-4-9(2)10-5-7-11-8-6-10/h4H,3,5-8H2,1-2H3/b9-4+. The number of ether oxygens (including phenoxy) is 1. The molecule has 0 spiro atoms. The Bertz CT molecular complexity index is 136. The maximum absolute atomic E-state index is 5.26. The van der Waals surface area contributed by atoms with Gasteiger partial charge < -0.3 is 9.64 Å². The molecule has 0 N–H and O–H groups in total. The molecule has 0 radical (unpaired) electrons. The molecule has 1 saturated heterocycles. The average Bonchev–Trinajstić information content (AvgIpc) is 2.07. The predicted molar refractivity (Wildman–Crippen MR) is 46.4 cm³/mol. The molecule has 0 aromatic rings. The van der Waals surface area contributed by atoms with Crippen LogP contribution in [0.1, 0.15) is 20.3 Å². The number of rotatable bonds is 2. The van der Waals surface area contributed by atoms with Gasteiger partial charge in [0.25, 0.3) is 0 Å². The van der Waals surface area contributed by atoms with Crippen molar-refractivity contribution in [3.8, 4) is 0 Å². The Kier molecular flexibility index (Phi) is 3.43. The van der Waals surface area contributed by atoms with Crippen molar-refractivity contribution in [1.29, 1.82) is 0 Å². The summed E-state index contributed by atoms with van der Waals surface area (Å²) < 4.78 is 5.26. The Morgan fingerprint density at radius 1 is 1.45 bits per heavy atom. The molecule has 64 valence electrons. The molecule has 1 rings (SSSR count). The van der Waals surface area contributed by atoms with Gasteiger partial charge in [0.05, 0.1) is 13.2 Å². The molecular formula is C9H17NO. The molecule has 1 aliphatic rings. The summed E-state index contributed by atoms with van der Waals surface area (Å²) in [7, 11) is 0. The Hall–Kier alpha value is -0.500. The number of morpholine rings is 1. The largest absolute Gasteiger partial charge is 0.378 e. The van der Waals surface area contributed by atoms with Crippen LogP contribution in [0.4, 0.5) is 0 Å². The van der Waals surface area contributed by atoms with Crippen LogP contribution in [0.2, 0.25) is 0 Å². The fraction of sp³-hybridized carbons (Fsp3) is 0.778.